The van der Waals surface area contributed by atoms with Crippen LogP contribution in [0, 0.1) is 5.92 Å². The van der Waals surface area contributed by atoms with Crippen molar-refractivity contribution < 1.29 is 14.3 Å². The summed E-state index contributed by atoms with van der Waals surface area (Å²) < 4.78 is 4.58. The molecule has 1 aliphatic rings. The Kier molecular flexibility index (Phi) is 8.21. The molecular weight excluding hydrogens is 244 g/mol. The van der Waals surface area contributed by atoms with Crippen molar-refractivity contribution in [3.05, 3.63) is 0 Å². The first-order chi connectivity index (χ1) is 9.24. The molecule has 5 heteroatoms. The van der Waals surface area contributed by atoms with Gasteiger partial charge in [0, 0.05) is 19.5 Å². The van der Waals surface area contributed by atoms with Gasteiger partial charge >= 0.3 is 5.97 Å². The van der Waals surface area contributed by atoms with E-state index in [1.807, 2.05) is 0 Å². The Hall–Kier alpha value is -1.10. The van der Waals surface area contributed by atoms with Gasteiger partial charge in [-0.05, 0) is 25.8 Å². The number of rotatable bonds is 9. The minimum Gasteiger partial charge on any atom is -0.469 e. The summed E-state index contributed by atoms with van der Waals surface area (Å²) in [5.41, 5.74) is 0. The third kappa shape index (κ3) is 7.15. The summed E-state index contributed by atoms with van der Waals surface area (Å²) in [5.74, 6) is 0.230. The molecule has 0 radical (unpaired) electrons. The first kappa shape index (κ1) is 16.0. The summed E-state index contributed by atoms with van der Waals surface area (Å²) in [7, 11) is 1.42. The average molecular weight is 270 g/mol. The van der Waals surface area contributed by atoms with Crippen LogP contribution in [0.25, 0.3) is 0 Å². The molecule has 1 unspecified atom stereocenters. The van der Waals surface area contributed by atoms with Crippen LogP contribution in [-0.4, -0.2) is 38.6 Å². The number of ether oxygens (including phenoxy) is 1. The molecule has 2 N–H and O–H groups in total. The zero-order valence-corrected chi connectivity index (χ0v) is 11.9. The van der Waals surface area contributed by atoms with Crippen molar-refractivity contribution >= 4 is 11.9 Å². The van der Waals surface area contributed by atoms with Gasteiger partial charge in [0.2, 0.25) is 5.91 Å². The smallest absolute Gasteiger partial charge is 0.305 e. The molecule has 1 saturated heterocycles. The maximum atomic E-state index is 11.7. The Morgan fingerprint density at radius 3 is 2.63 bits per heavy atom. The van der Waals surface area contributed by atoms with Gasteiger partial charge in [0.15, 0.2) is 0 Å². The highest BCUT2D eigenvalue weighted by atomic mass is 16.5. The Labute approximate surface area is 115 Å². The molecule has 1 amide bonds. The minimum absolute atomic E-state index is 0.127. The summed E-state index contributed by atoms with van der Waals surface area (Å²) in [5, 5.41) is 6.18. The lowest BCUT2D eigenvalue weighted by molar-refractivity contribution is -0.140. The monoisotopic (exact) mass is 270 g/mol. The molecule has 1 atom stereocenters. The molecule has 1 aliphatic heterocycles. The van der Waals surface area contributed by atoms with Gasteiger partial charge in [-0.15, -0.1) is 0 Å². The molecule has 0 bridgehead atoms. The van der Waals surface area contributed by atoms with Crippen LogP contribution < -0.4 is 10.6 Å². The normalized spacial score (nSPS) is 18.3. The van der Waals surface area contributed by atoms with E-state index in [1.54, 1.807) is 0 Å². The molecule has 110 valence electrons. The van der Waals surface area contributed by atoms with Gasteiger partial charge in [-0.1, -0.05) is 19.3 Å². The fraction of sp³-hybridized carbons (Fsp3) is 0.857. The summed E-state index contributed by atoms with van der Waals surface area (Å²) >= 11 is 0. The summed E-state index contributed by atoms with van der Waals surface area (Å²) in [4.78, 5) is 22.6. The molecule has 0 saturated carbocycles. The van der Waals surface area contributed by atoms with Crippen molar-refractivity contribution in [3.63, 3.8) is 0 Å². The van der Waals surface area contributed by atoms with E-state index in [0.717, 1.165) is 58.2 Å². The van der Waals surface area contributed by atoms with E-state index in [9.17, 15) is 9.59 Å². The molecule has 0 aromatic rings. The van der Waals surface area contributed by atoms with Crippen LogP contribution in [0.3, 0.4) is 0 Å². The number of hydrogen-bond donors (Lipinski definition) is 2. The summed E-state index contributed by atoms with van der Waals surface area (Å²) in [6, 6.07) is 0. The molecule has 1 heterocycles. The third-order valence-electron chi connectivity index (χ3n) is 3.52. The third-order valence-corrected chi connectivity index (χ3v) is 3.52. The van der Waals surface area contributed by atoms with Crippen LogP contribution in [0.15, 0.2) is 0 Å². The van der Waals surface area contributed by atoms with E-state index < -0.39 is 0 Å². The molecule has 1 fully saturated rings. The van der Waals surface area contributed by atoms with Gasteiger partial charge in [-0.25, -0.2) is 0 Å². The maximum absolute atomic E-state index is 11.7. The molecule has 0 spiro atoms. The van der Waals surface area contributed by atoms with E-state index in [-0.39, 0.29) is 17.8 Å². The van der Waals surface area contributed by atoms with Crippen molar-refractivity contribution in [1.29, 1.82) is 0 Å². The molecular formula is C14H26N2O3. The molecule has 1 rings (SSSR count). The lowest BCUT2D eigenvalue weighted by atomic mass is 10.1. The molecule has 19 heavy (non-hydrogen) atoms. The maximum Gasteiger partial charge on any atom is 0.305 e. The average Bonchev–Trinajstić information content (AvgIpc) is 2.95. The number of amides is 1. The Bertz CT molecular complexity index is 276. The van der Waals surface area contributed by atoms with Gasteiger partial charge in [-0.3, -0.25) is 9.59 Å². The second-order valence-corrected chi connectivity index (χ2v) is 5.07. The summed E-state index contributed by atoms with van der Waals surface area (Å²) in [6.45, 7) is 2.55. The van der Waals surface area contributed by atoms with Crippen LogP contribution in [-0.2, 0) is 14.3 Å². The number of carbonyl (C=O) groups is 2. The van der Waals surface area contributed by atoms with Crippen LogP contribution in [0.1, 0.15) is 44.9 Å². The van der Waals surface area contributed by atoms with Gasteiger partial charge in [0.1, 0.15) is 0 Å². The first-order valence-electron chi connectivity index (χ1n) is 7.29. The van der Waals surface area contributed by atoms with Crippen molar-refractivity contribution in [2.45, 2.75) is 44.9 Å². The van der Waals surface area contributed by atoms with Gasteiger partial charge < -0.3 is 15.4 Å². The lowest BCUT2D eigenvalue weighted by Crippen LogP contribution is -2.32. The van der Waals surface area contributed by atoms with Crippen molar-refractivity contribution in [3.8, 4) is 0 Å². The highest BCUT2D eigenvalue weighted by Crippen LogP contribution is 2.08. The van der Waals surface area contributed by atoms with Crippen molar-refractivity contribution in [2.75, 3.05) is 26.7 Å². The zero-order valence-electron chi connectivity index (χ0n) is 11.9. The number of carbonyl (C=O) groups excluding carboxylic acids is 2. The van der Waals surface area contributed by atoms with E-state index in [1.165, 1.54) is 7.11 Å². The van der Waals surface area contributed by atoms with Crippen molar-refractivity contribution in [1.82, 2.24) is 10.6 Å². The standard InChI is InChI=1S/C14H26N2O3/c1-19-13(17)7-5-3-2-4-6-9-16-14(18)12-8-10-15-11-12/h12,15H,2-11H2,1H3,(H,16,18). The Balaban J connectivity index is 1.85. The second kappa shape index (κ2) is 9.78. The van der Waals surface area contributed by atoms with Crippen LogP contribution in [0.4, 0.5) is 0 Å². The number of hydrogen-bond acceptors (Lipinski definition) is 4. The van der Waals surface area contributed by atoms with Crippen LogP contribution in [0.2, 0.25) is 0 Å². The second-order valence-electron chi connectivity index (χ2n) is 5.07. The highest BCUT2D eigenvalue weighted by Gasteiger charge is 2.21. The highest BCUT2D eigenvalue weighted by molar-refractivity contribution is 5.79. The molecule has 0 aliphatic carbocycles. The number of methoxy groups -OCH3 is 1. The Morgan fingerprint density at radius 1 is 1.21 bits per heavy atom. The SMILES string of the molecule is COC(=O)CCCCCCCNC(=O)C1CCNC1. The topological polar surface area (TPSA) is 67.4 Å². The Morgan fingerprint density at radius 2 is 1.95 bits per heavy atom. The van der Waals surface area contributed by atoms with Gasteiger partial charge in [-0.2, -0.15) is 0 Å². The predicted octanol–water partition coefficient (Wildman–Crippen LogP) is 1.23. The molecule has 0 aromatic carbocycles. The number of unbranched alkanes of at least 4 members (excludes halogenated alkanes) is 4. The predicted molar refractivity (Wildman–Crippen MR) is 73.7 cm³/mol. The summed E-state index contributed by atoms with van der Waals surface area (Å²) in [6.07, 6.45) is 6.65. The number of nitrogens with one attached hydrogen (secondary N) is 2. The van der Waals surface area contributed by atoms with Crippen molar-refractivity contribution in [2.24, 2.45) is 5.92 Å². The lowest BCUT2D eigenvalue weighted by Gasteiger charge is -2.09. The fourth-order valence-corrected chi connectivity index (χ4v) is 2.26. The quantitative estimate of drug-likeness (QED) is 0.488. The minimum atomic E-state index is -0.127. The van der Waals surface area contributed by atoms with Crippen LogP contribution >= 0.6 is 0 Å². The van der Waals surface area contributed by atoms with E-state index in [2.05, 4.69) is 15.4 Å². The zero-order chi connectivity index (χ0) is 13.9. The fourth-order valence-electron chi connectivity index (χ4n) is 2.26. The van der Waals surface area contributed by atoms with E-state index >= 15 is 0 Å². The number of esters is 1. The van der Waals surface area contributed by atoms with Gasteiger partial charge in [0.05, 0.1) is 13.0 Å². The largest absolute Gasteiger partial charge is 0.469 e. The van der Waals surface area contributed by atoms with E-state index in [0.29, 0.717) is 6.42 Å². The molecule has 0 aromatic heterocycles. The van der Waals surface area contributed by atoms with Gasteiger partial charge in [0.25, 0.3) is 0 Å². The molecule has 5 nitrogen and oxygen atoms in total. The van der Waals surface area contributed by atoms with E-state index in [4.69, 9.17) is 0 Å². The first-order valence-corrected chi connectivity index (χ1v) is 7.29. The van der Waals surface area contributed by atoms with Crippen LogP contribution in [0.5, 0.6) is 0 Å².